The molecule has 144 valence electrons. The number of nitrogens with one attached hydrogen (secondary N) is 2. The van der Waals surface area contributed by atoms with Gasteiger partial charge < -0.3 is 19.8 Å². The van der Waals surface area contributed by atoms with Gasteiger partial charge in [0.05, 0.1) is 13.7 Å². The van der Waals surface area contributed by atoms with Gasteiger partial charge in [-0.3, -0.25) is 9.59 Å². The van der Waals surface area contributed by atoms with Crippen molar-refractivity contribution in [1.82, 2.24) is 10.3 Å². The van der Waals surface area contributed by atoms with E-state index in [-0.39, 0.29) is 17.1 Å². The number of benzene rings is 1. The first-order valence-corrected chi connectivity index (χ1v) is 9.10. The maximum Gasteiger partial charge on any atom is 0.268 e. The molecule has 0 unspecified atom stereocenters. The number of methoxy groups -OCH3 is 1. The fourth-order valence-electron chi connectivity index (χ4n) is 3.57. The number of carbonyl (C=O) groups excluding carboxylic acids is 2. The van der Waals surface area contributed by atoms with E-state index >= 15 is 0 Å². The molecule has 0 saturated carbocycles. The molecule has 0 spiro atoms. The van der Waals surface area contributed by atoms with Gasteiger partial charge in [-0.25, -0.2) is 0 Å². The number of rotatable bonds is 6. The van der Waals surface area contributed by atoms with Crippen molar-refractivity contribution < 1.29 is 19.1 Å². The van der Waals surface area contributed by atoms with Crippen molar-refractivity contribution in [1.29, 1.82) is 0 Å². The molecule has 1 aromatic carbocycles. The van der Waals surface area contributed by atoms with Crippen LogP contribution in [0.4, 0.5) is 0 Å². The van der Waals surface area contributed by atoms with E-state index in [1.807, 2.05) is 25.1 Å². The predicted octanol–water partition coefficient (Wildman–Crippen LogP) is 3.30. The average molecular weight is 370 g/mol. The maximum absolute atomic E-state index is 12.5. The third-order valence-corrected chi connectivity index (χ3v) is 4.83. The minimum absolute atomic E-state index is 0.0836. The molecule has 1 heterocycles. The highest BCUT2D eigenvalue weighted by atomic mass is 16.5. The largest absolute Gasteiger partial charge is 0.497 e. The number of hydrogen-bond acceptors (Lipinski definition) is 4. The quantitative estimate of drug-likeness (QED) is 0.765. The number of amides is 1. The number of fused-ring (bicyclic) bond motifs is 1. The number of ether oxygens (including phenoxy) is 2. The van der Waals surface area contributed by atoms with Crippen LogP contribution in [0.15, 0.2) is 24.3 Å². The number of hydrogen-bond donors (Lipinski definition) is 2. The lowest BCUT2D eigenvalue weighted by Gasteiger charge is -2.28. The molecule has 0 saturated heterocycles. The van der Waals surface area contributed by atoms with E-state index in [9.17, 15) is 9.59 Å². The van der Waals surface area contributed by atoms with Crippen LogP contribution in [0.5, 0.6) is 11.5 Å². The van der Waals surface area contributed by atoms with Crippen molar-refractivity contribution in [3.63, 3.8) is 0 Å². The molecule has 6 heteroatoms. The zero-order valence-electron chi connectivity index (χ0n) is 16.3. The van der Waals surface area contributed by atoms with Gasteiger partial charge >= 0.3 is 0 Å². The van der Waals surface area contributed by atoms with Crippen LogP contribution in [0.3, 0.4) is 0 Å². The van der Waals surface area contributed by atoms with E-state index in [4.69, 9.17) is 9.47 Å². The molecular weight excluding hydrogens is 344 g/mol. The standard InChI is InChI=1S/C21H26N2O4/c1-13-18-16(11-21(2,3)12-17(18)24)23-19(13)20(25)22-8-9-27-15-7-5-6-14(10-15)26-4/h5-7,10,23H,8-9,11-12H2,1-4H3,(H,22,25). The van der Waals surface area contributed by atoms with E-state index in [2.05, 4.69) is 24.1 Å². The molecule has 27 heavy (non-hydrogen) atoms. The Morgan fingerprint density at radius 3 is 2.74 bits per heavy atom. The van der Waals surface area contributed by atoms with Crippen molar-refractivity contribution in [2.75, 3.05) is 20.3 Å². The van der Waals surface area contributed by atoms with Crippen LogP contribution in [-0.2, 0) is 6.42 Å². The molecule has 0 radical (unpaired) electrons. The van der Waals surface area contributed by atoms with Crippen LogP contribution in [0.1, 0.15) is 52.4 Å². The van der Waals surface area contributed by atoms with Gasteiger partial charge in [0.15, 0.2) is 5.78 Å². The number of aromatic amines is 1. The molecule has 3 rings (SSSR count). The second kappa shape index (κ2) is 7.47. The highest BCUT2D eigenvalue weighted by molar-refractivity contribution is 6.04. The van der Waals surface area contributed by atoms with Crippen LogP contribution in [0.25, 0.3) is 0 Å². The topological polar surface area (TPSA) is 80.4 Å². The van der Waals surface area contributed by atoms with Crippen molar-refractivity contribution in [2.24, 2.45) is 5.41 Å². The molecule has 2 N–H and O–H groups in total. The summed E-state index contributed by atoms with van der Waals surface area (Å²) in [5.74, 6) is 1.29. The smallest absolute Gasteiger partial charge is 0.268 e. The fourth-order valence-corrected chi connectivity index (χ4v) is 3.57. The number of carbonyl (C=O) groups is 2. The second-order valence-electron chi connectivity index (χ2n) is 7.70. The van der Waals surface area contributed by atoms with Crippen LogP contribution in [0, 0.1) is 12.3 Å². The Hall–Kier alpha value is -2.76. The first-order valence-electron chi connectivity index (χ1n) is 9.10. The van der Waals surface area contributed by atoms with Gasteiger partial charge in [-0.05, 0) is 36.5 Å². The molecule has 1 amide bonds. The third-order valence-electron chi connectivity index (χ3n) is 4.83. The maximum atomic E-state index is 12.5. The normalized spacial score (nSPS) is 15.2. The summed E-state index contributed by atoms with van der Waals surface area (Å²) >= 11 is 0. The van der Waals surface area contributed by atoms with E-state index in [0.717, 1.165) is 23.4 Å². The number of Topliss-reactive ketones (excluding diaryl/α,β-unsaturated/α-hetero) is 1. The van der Waals surface area contributed by atoms with Gasteiger partial charge in [-0.1, -0.05) is 19.9 Å². The van der Waals surface area contributed by atoms with Gasteiger partial charge in [-0.15, -0.1) is 0 Å². The zero-order chi connectivity index (χ0) is 19.6. The summed E-state index contributed by atoms with van der Waals surface area (Å²) < 4.78 is 10.8. The number of H-pyrrole nitrogens is 1. The summed E-state index contributed by atoms with van der Waals surface area (Å²) in [5.41, 5.74) is 2.67. The van der Waals surface area contributed by atoms with Crippen LogP contribution in [0.2, 0.25) is 0 Å². The van der Waals surface area contributed by atoms with Crippen molar-refractivity contribution in [3.05, 3.63) is 46.8 Å². The second-order valence-corrected chi connectivity index (χ2v) is 7.70. The van der Waals surface area contributed by atoms with E-state index in [1.165, 1.54) is 0 Å². The zero-order valence-corrected chi connectivity index (χ0v) is 16.3. The lowest BCUT2D eigenvalue weighted by Crippen LogP contribution is -2.29. The van der Waals surface area contributed by atoms with Crippen molar-refractivity contribution >= 4 is 11.7 Å². The lowest BCUT2D eigenvalue weighted by atomic mass is 9.75. The van der Waals surface area contributed by atoms with E-state index in [1.54, 1.807) is 13.2 Å². The summed E-state index contributed by atoms with van der Waals surface area (Å²) in [6, 6.07) is 7.31. The fraction of sp³-hybridized carbons (Fsp3) is 0.429. The Bertz CT molecular complexity index is 867. The van der Waals surface area contributed by atoms with Crippen LogP contribution < -0.4 is 14.8 Å². The molecule has 0 bridgehead atoms. The van der Waals surface area contributed by atoms with Gasteiger partial charge in [0.1, 0.15) is 23.8 Å². The summed E-state index contributed by atoms with van der Waals surface area (Å²) in [6.45, 7) is 6.66. The Balaban J connectivity index is 1.60. The SMILES string of the molecule is COc1cccc(OCCNC(=O)c2[nH]c3c(c2C)C(=O)CC(C)(C)C3)c1. The monoisotopic (exact) mass is 370 g/mol. The Labute approximate surface area is 159 Å². The summed E-state index contributed by atoms with van der Waals surface area (Å²) in [5, 5.41) is 2.85. The number of ketones is 1. The van der Waals surface area contributed by atoms with Crippen LogP contribution >= 0.6 is 0 Å². The van der Waals surface area contributed by atoms with Crippen molar-refractivity contribution in [2.45, 2.75) is 33.6 Å². The highest BCUT2D eigenvalue weighted by Gasteiger charge is 2.35. The third kappa shape index (κ3) is 4.15. The molecule has 0 aliphatic heterocycles. The summed E-state index contributed by atoms with van der Waals surface area (Å²) in [7, 11) is 1.60. The molecule has 0 fully saturated rings. The van der Waals surface area contributed by atoms with Gasteiger partial charge in [0, 0.05) is 23.7 Å². The molecule has 6 nitrogen and oxygen atoms in total. The average Bonchev–Trinajstić information content (AvgIpc) is 2.94. The first kappa shape index (κ1) is 19.0. The Morgan fingerprint density at radius 1 is 1.26 bits per heavy atom. The minimum Gasteiger partial charge on any atom is -0.497 e. The van der Waals surface area contributed by atoms with Gasteiger partial charge in [-0.2, -0.15) is 0 Å². The molecule has 2 aromatic rings. The van der Waals surface area contributed by atoms with Gasteiger partial charge in [0.25, 0.3) is 5.91 Å². The van der Waals surface area contributed by atoms with E-state index < -0.39 is 0 Å². The van der Waals surface area contributed by atoms with Crippen LogP contribution in [-0.4, -0.2) is 36.9 Å². The molecule has 0 atom stereocenters. The molecule has 1 aliphatic carbocycles. The Kier molecular flexibility index (Phi) is 5.26. The lowest BCUT2D eigenvalue weighted by molar-refractivity contribution is 0.0909. The summed E-state index contributed by atoms with van der Waals surface area (Å²) in [4.78, 5) is 28.2. The Morgan fingerprint density at radius 2 is 2.00 bits per heavy atom. The molecule has 1 aliphatic rings. The molecular formula is C21H26N2O4. The van der Waals surface area contributed by atoms with Gasteiger partial charge in [0.2, 0.25) is 0 Å². The minimum atomic E-state index is -0.221. The van der Waals surface area contributed by atoms with Crippen molar-refractivity contribution in [3.8, 4) is 11.5 Å². The number of aromatic nitrogens is 1. The predicted molar refractivity (Wildman–Crippen MR) is 103 cm³/mol. The van der Waals surface area contributed by atoms with E-state index in [0.29, 0.717) is 36.6 Å². The highest BCUT2D eigenvalue weighted by Crippen LogP contribution is 2.36. The first-order chi connectivity index (χ1) is 12.8. The molecule has 1 aromatic heterocycles. The summed E-state index contributed by atoms with van der Waals surface area (Å²) in [6.07, 6.45) is 1.27.